The number of amides is 1. The Morgan fingerprint density at radius 2 is 1.95 bits per heavy atom. The van der Waals surface area contributed by atoms with Crippen LogP contribution in [0.2, 0.25) is 0 Å². The Kier molecular flexibility index (Phi) is 4.32. The molecule has 102 valence electrons. The Bertz CT molecular complexity index is 484. The Morgan fingerprint density at radius 1 is 1.26 bits per heavy atom. The average Bonchev–Trinajstić information content (AvgIpc) is 2.62. The molecule has 0 aromatic heterocycles. The van der Waals surface area contributed by atoms with Gasteiger partial charge in [-0.3, -0.25) is 9.59 Å². The maximum Gasteiger partial charge on any atom is 0.254 e. The van der Waals surface area contributed by atoms with Gasteiger partial charge in [0.15, 0.2) is 5.78 Å². The monoisotopic (exact) mass is 261 g/mol. The van der Waals surface area contributed by atoms with Crippen molar-refractivity contribution in [1.29, 1.82) is 0 Å². The van der Waals surface area contributed by atoms with E-state index in [9.17, 15) is 9.59 Å². The van der Waals surface area contributed by atoms with Crippen molar-refractivity contribution >= 4 is 11.7 Å². The van der Waals surface area contributed by atoms with E-state index in [1.54, 1.807) is 29.2 Å². The van der Waals surface area contributed by atoms with E-state index in [0.29, 0.717) is 30.8 Å². The number of rotatable bonds is 2. The Balaban J connectivity index is 2.25. The minimum atomic E-state index is -0.0805. The van der Waals surface area contributed by atoms with Crippen LogP contribution in [0.4, 0.5) is 0 Å². The smallest absolute Gasteiger partial charge is 0.254 e. The van der Waals surface area contributed by atoms with E-state index in [1.807, 2.05) is 6.92 Å². The average molecular weight is 261 g/mol. The predicted molar refractivity (Wildman–Crippen MR) is 72.4 cm³/mol. The zero-order valence-corrected chi connectivity index (χ0v) is 11.4. The fourth-order valence-electron chi connectivity index (χ4n) is 2.33. The lowest BCUT2D eigenvalue weighted by Gasteiger charge is -2.23. The van der Waals surface area contributed by atoms with Gasteiger partial charge in [0.1, 0.15) is 0 Å². The number of nitrogens with zero attached hydrogens (tertiary/aromatic N) is 1. The van der Waals surface area contributed by atoms with E-state index in [0.717, 1.165) is 6.42 Å². The molecule has 0 radical (unpaired) electrons. The van der Waals surface area contributed by atoms with E-state index in [1.165, 1.54) is 6.92 Å². The van der Waals surface area contributed by atoms with Crippen molar-refractivity contribution in [2.24, 2.45) is 0 Å². The number of hydrogen-bond acceptors (Lipinski definition) is 3. The summed E-state index contributed by atoms with van der Waals surface area (Å²) in [6.07, 6.45) is 0.870. The number of Topliss-reactive ketones (excluding diaryl/α,β-unsaturated/α-hetero) is 1. The molecule has 0 spiro atoms. The first-order valence-corrected chi connectivity index (χ1v) is 6.60. The molecule has 2 rings (SSSR count). The minimum Gasteiger partial charge on any atom is -0.377 e. The van der Waals surface area contributed by atoms with Gasteiger partial charge in [0.05, 0.1) is 11.7 Å². The lowest BCUT2D eigenvalue weighted by atomic mass is 10.0. The first-order chi connectivity index (χ1) is 9.09. The highest BCUT2D eigenvalue weighted by atomic mass is 16.5. The van der Waals surface area contributed by atoms with Gasteiger partial charge >= 0.3 is 0 Å². The third-order valence-electron chi connectivity index (χ3n) is 3.28. The van der Waals surface area contributed by atoms with Gasteiger partial charge in [-0.2, -0.15) is 0 Å². The highest BCUT2D eigenvalue weighted by Gasteiger charge is 2.23. The summed E-state index contributed by atoms with van der Waals surface area (Å²) in [6, 6.07) is 6.99. The summed E-state index contributed by atoms with van der Waals surface area (Å²) in [5, 5.41) is 0. The molecule has 19 heavy (non-hydrogen) atoms. The Morgan fingerprint density at radius 3 is 2.63 bits per heavy atom. The third kappa shape index (κ3) is 3.20. The standard InChI is InChI=1S/C15H19NO3/c1-11-10-16(8-5-9-19-11)15(18)14-7-4-3-6-13(14)12(2)17/h3-4,6-7,11H,5,8-10H2,1-2H3/t11-/m0/s1. The van der Waals surface area contributed by atoms with Crippen molar-refractivity contribution in [2.75, 3.05) is 19.7 Å². The summed E-state index contributed by atoms with van der Waals surface area (Å²) in [5.74, 6) is -0.161. The van der Waals surface area contributed by atoms with Gasteiger partial charge < -0.3 is 9.64 Å². The lowest BCUT2D eigenvalue weighted by Crippen LogP contribution is -2.36. The van der Waals surface area contributed by atoms with Gasteiger partial charge in [-0.15, -0.1) is 0 Å². The molecule has 4 heteroatoms. The van der Waals surface area contributed by atoms with Crippen molar-refractivity contribution in [3.8, 4) is 0 Å². The van der Waals surface area contributed by atoms with Gasteiger partial charge in [-0.1, -0.05) is 18.2 Å². The van der Waals surface area contributed by atoms with E-state index in [4.69, 9.17) is 4.74 Å². The number of benzene rings is 1. The molecule has 1 aromatic carbocycles. The van der Waals surface area contributed by atoms with E-state index in [2.05, 4.69) is 0 Å². The van der Waals surface area contributed by atoms with Crippen LogP contribution in [-0.2, 0) is 4.74 Å². The SMILES string of the molecule is CC(=O)c1ccccc1C(=O)N1CCCO[C@@H](C)C1. The van der Waals surface area contributed by atoms with Crippen LogP contribution in [0, 0.1) is 0 Å². The zero-order valence-electron chi connectivity index (χ0n) is 11.4. The molecular weight excluding hydrogens is 242 g/mol. The van der Waals surface area contributed by atoms with Gasteiger partial charge in [0.2, 0.25) is 0 Å². The summed E-state index contributed by atoms with van der Waals surface area (Å²) in [5.41, 5.74) is 0.981. The van der Waals surface area contributed by atoms with Crippen LogP contribution in [0.15, 0.2) is 24.3 Å². The van der Waals surface area contributed by atoms with E-state index < -0.39 is 0 Å². The summed E-state index contributed by atoms with van der Waals surface area (Å²) >= 11 is 0. The van der Waals surface area contributed by atoms with Crippen LogP contribution in [0.3, 0.4) is 0 Å². The van der Waals surface area contributed by atoms with Crippen LogP contribution in [0.1, 0.15) is 41.0 Å². The zero-order chi connectivity index (χ0) is 13.8. The molecule has 1 amide bonds. The molecular formula is C15H19NO3. The van der Waals surface area contributed by atoms with E-state index in [-0.39, 0.29) is 17.8 Å². The maximum absolute atomic E-state index is 12.5. The normalized spacial score (nSPS) is 19.9. The molecule has 1 aliphatic rings. The number of ether oxygens (including phenoxy) is 1. The van der Waals surface area contributed by atoms with Crippen LogP contribution >= 0.6 is 0 Å². The molecule has 1 fully saturated rings. The van der Waals surface area contributed by atoms with Crippen LogP contribution in [0.5, 0.6) is 0 Å². The topological polar surface area (TPSA) is 46.6 Å². The van der Waals surface area contributed by atoms with Crippen LogP contribution in [-0.4, -0.2) is 42.4 Å². The fraction of sp³-hybridized carbons (Fsp3) is 0.467. The van der Waals surface area contributed by atoms with Crippen molar-refractivity contribution in [3.05, 3.63) is 35.4 Å². The highest BCUT2D eigenvalue weighted by molar-refractivity contribution is 6.07. The van der Waals surface area contributed by atoms with Gasteiger partial charge in [-0.25, -0.2) is 0 Å². The number of hydrogen-bond donors (Lipinski definition) is 0. The molecule has 0 N–H and O–H groups in total. The second-order valence-corrected chi connectivity index (χ2v) is 4.89. The molecule has 1 aliphatic heterocycles. The molecule has 1 atom stereocenters. The highest BCUT2D eigenvalue weighted by Crippen LogP contribution is 2.15. The Hall–Kier alpha value is -1.68. The quantitative estimate of drug-likeness (QED) is 0.766. The molecule has 0 saturated carbocycles. The van der Waals surface area contributed by atoms with Crippen molar-refractivity contribution in [2.45, 2.75) is 26.4 Å². The number of carbonyl (C=O) groups is 2. The van der Waals surface area contributed by atoms with Crippen LogP contribution < -0.4 is 0 Å². The van der Waals surface area contributed by atoms with Crippen LogP contribution in [0.25, 0.3) is 0 Å². The minimum absolute atomic E-state index is 0.0379. The maximum atomic E-state index is 12.5. The molecule has 1 saturated heterocycles. The van der Waals surface area contributed by atoms with Gasteiger partial charge in [0.25, 0.3) is 5.91 Å². The van der Waals surface area contributed by atoms with E-state index >= 15 is 0 Å². The molecule has 0 aliphatic carbocycles. The Labute approximate surface area is 113 Å². The molecule has 0 unspecified atom stereocenters. The lowest BCUT2D eigenvalue weighted by molar-refractivity contribution is 0.0561. The molecule has 1 aromatic rings. The van der Waals surface area contributed by atoms with Crippen molar-refractivity contribution < 1.29 is 14.3 Å². The second kappa shape index (κ2) is 5.97. The largest absolute Gasteiger partial charge is 0.377 e. The number of carbonyl (C=O) groups excluding carboxylic acids is 2. The van der Waals surface area contributed by atoms with Gasteiger partial charge in [-0.05, 0) is 26.3 Å². The predicted octanol–water partition coefficient (Wildman–Crippen LogP) is 2.14. The molecule has 1 heterocycles. The fourth-order valence-corrected chi connectivity index (χ4v) is 2.33. The summed E-state index contributed by atoms with van der Waals surface area (Å²) in [7, 11) is 0. The summed E-state index contributed by atoms with van der Waals surface area (Å²) in [4.78, 5) is 25.9. The first kappa shape index (κ1) is 13.7. The van der Waals surface area contributed by atoms with Crippen molar-refractivity contribution in [3.63, 3.8) is 0 Å². The third-order valence-corrected chi connectivity index (χ3v) is 3.28. The first-order valence-electron chi connectivity index (χ1n) is 6.60. The van der Waals surface area contributed by atoms with Gasteiger partial charge in [0, 0.05) is 25.3 Å². The molecule has 0 bridgehead atoms. The summed E-state index contributed by atoms with van der Waals surface area (Å²) < 4.78 is 5.54. The summed E-state index contributed by atoms with van der Waals surface area (Å²) in [6.45, 7) is 5.38. The second-order valence-electron chi connectivity index (χ2n) is 4.89. The van der Waals surface area contributed by atoms with Crippen molar-refractivity contribution in [1.82, 2.24) is 4.90 Å². The molecule has 4 nitrogen and oxygen atoms in total. The number of ketones is 1.